The van der Waals surface area contributed by atoms with Crippen molar-refractivity contribution in [2.24, 2.45) is 11.8 Å². The lowest BCUT2D eigenvalue weighted by atomic mass is 9.94. The van der Waals surface area contributed by atoms with Crippen molar-refractivity contribution >= 4 is 52.4 Å². The van der Waals surface area contributed by atoms with Gasteiger partial charge in [0.05, 0.1) is 54.9 Å². The Balaban J connectivity index is 1.12. The molecule has 4 fully saturated rings. The van der Waals surface area contributed by atoms with Gasteiger partial charge in [-0.05, 0) is 89.0 Å². The van der Waals surface area contributed by atoms with Crippen LogP contribution in [-0.4, -0.2) is 80.5 Å². The van der Waals surface area contributed by atoms with Gasteiger partial charge in [-0.15, -0.1) is 11.3 Å². The van der Waals surface area contributed by atoms with Gasteiger partial charge in [0.15, 0.2) is 10.9 Å². The largest absolute Gasteiger partial charge is 0.497 e. The monoisotopic (exact) mass is 874 g/mol. The molecule has 4 aliphatic rings. The molecular formula is C46H59N4O9PS. The predicted octanol–water partition coefficient (Wildman–Crippen LogP) is 9.55. The van der Waals surface area contributed by atoms with Crippen LogP contribution in [0.3, 0.4) is 0 Å². The van der Waals surface area contributed by atoms with E-state index in [0.717, 1.165) is 74.7 Å². The summed E-state index contributed by atoms with van der Waals surface area (Å²) >= 11 is 1.49. The quantitative estimate of drug-likeness (QED) is 0.102. The number of pyridine rings is 1. The molecule has 3 aromatic heterocycles. The molecule has 2 saturated carbocycles. The number of ketones is 1. The minimum Gasteiger partial charge on any atom is -0.497 e. The van der Waals surface area contributed by atoms with E-state index in [0.29, 0.717) is 47.0 Å². The highest BCUT2D eigenvalue weighted by atomic mass is 32.1. The molecule has 13 nitrogen and oxygen atoms in total. The molecule has 4 aromatic rings. The molecule has 2 unspecified atom stereocenters. The first-order valence-electron chi connectivity index (χ1n) is 22.2. The summed E-state index contributed by atoms with van der Waals surface area (Å²) in [6.07, 6.45) is 10.6. The van der Waals surface area contributed by atoms with E-state index in [9.17, 15) is 23.8 Å². The number of esters is 1. The Morgan fingerprint density at radius 1 is 1.02 bits per heavy atom. The van der Waals surface area contributed by atoms with Gasteiger partial charge in [-0.25, -0.2) is 9.97 Å². The molecule has 61 heavy (non-hydrogen) atoms. The maximum absolute atomic E-state index is 14.9. The Hall–Kier alpha value is -4.26. The summed E-state index contributed by atoms with van der Waals surface area (Å²) in [6.45, 7) is 4.21. The minimum atomic E-state index is -3.95. The number of ether oxygens (including phenoxy) is 3. The van der Waals surface area contributed by atoms with Gasteiger partial charge in [-0.2, -0.15) is 0 Å². The number of aromatic nitrogens is 2. The van der Waals surface area contributed by atoms with E-state index < -0.39 is 30.6 Å². The van der Waals surface area contributed by atoms with Crippen LogP contribution in [0.25, 0.3) is 22.3 Å². The number of furan rings is 1. The Kier molecular flexibility index (Phi) is 13.2. The summed E-state index contributed by atoms with van der Waals surface area (Å²) in [7, 11) is -2.35. The van der Waals surface area contributed by atoms with Crippen molar-refractivity contribution in [1.82, 2.24) is 14.9 Å². The Labute approximate surface area is 361 Å². The third-order valence-electron chi connectivity index (χ3n) is 13.2. The molecule has 2 aliphatic carbocycles. The number of amides is 1. The minimum absolute atomic E-state index is 0.0548. The fourth-order valence-electron chi connectivity index (χ4n) is 9.85. The predicted molar refractivity (Wildman–Crippen MR) is 234 cm³/mol. The number of Topliss-reactive ketones (excluding diaryl/α,β-unsaturated/α-hetero) is 1. The standard InChI is InChI=1S/C46H59N4O9PS/c1-29(2)47-45-49-39(28-61-45)38-23-42(36-18-17-33(56-3)21-37(36)48-38)58-35-22-40-41(51)25-46(60(54,55)27-34-16-11-19-57-34)24-31(46)13-8-6-4-5-7-12-30(44(53)50(40)26-35)20-43(52)59-32-14-9-10-15-32/h11,16-19,21,23,28-32,35,40H,4-10,12-15,20,22,24-27H2,1-3H3,(H,47,49)(H,54,55)/t30?,31-,35-,40+,46-/m1/s1. The lowest BCUT2D eigenvalue weighted by Gasteiger charge is -2.30. The highest BCUT2D eigenvalue weighted by molar-refractivity contribution is 7.59. The molecule has 15 heteroatoms. The van der Waals surface area contributed by atoms with Crippen LogP contribution in [0.4, 0.5) is 5.13 Å². The van der Waals surface area contributed by atoms with Gasteiger partial charge in [0.25, 0.3) is 0 Å². The van der Waals surface area contributed by atoms with Crippen LogP contribution in [0.2, 0.25) is 0 Å². The third kappa shape index (κ3) is 9.87. The number of hydrogen-bond donors (Lipinski definition) is 2. The Morgan fingerprint density at radius 2 is 1.79 bits per heavy atom. The van der Waals surface area contributed by atoms with Crippen LogP contribution in [-0.2, 0) is 29.8 Å². The zero-order chi connectivity index (χ0) is 42.7. The van der Waals surface area contributed by atoms with E-state index in [1.807, 2.05) is 29.6 Å². The molecule has 2 N–H and O–H groups in total. The summed E-state index contributed by atoms with van der Waals surface area (Å²) in [4.78, 5) is 66.4. The van der Waals surface area contributed by atoms with Crippen LogP contribution >= 0.6 is 18.7 Å². The molecule has 328 valence electrons. The molecule has 5 heterocycles. The van der Waals surface area contributed by atoms with E-state index in [2.05, 4.69) is 19.2 Å². The first-order valence-corrected chi connectivity index (χ1v) is 24.9. The third-order valence-corrected chi connectivity index (χ3v) is 16.8. The van der Waals surface area contributed by atoms with Crippen LogP contribution in [0.1, 0.15) is 116 Å². The fraction of sp³-hybridized carbons (Fsp3) is 0.587. The smallest absolute Gasteiger partial charge is 0.306 e. The average molecular weight is 875 g/mol. The van der Waals surface area contributed by atoms with Crippen LogP contribution in [0.15, 0.2) is 52.5 Å². The first-order chi connectivity index (χ1) is 29.4. The topological polar surface area (TPSA) is 170 Å². The molecule has 0 radical (unpaired) electrons. The van der Waals surface area contributed by atoms with Gasteiger partial charge in [0, 0.05) is 47.7 Å². The average Bonchev–Trinajstić information content (AvgIpc) is 3.86. The lowest BCUT2D eigenvalue weighted by Crippen LogP contribution is -2.45. The SMILES string of the molecule is COc1ccc2c(O[C@@H]3C[C@H]4C(=O)C[C@]5(P(=O)(O)Cc6ccco6)C[C@H]5CCCCCCCC(CC(=O)OC5CCCC5)C(=O)N4C3)cc(-c3csc(NC(C)C)n3)nc2c1. The van der Waals surface area contributed by atoms with Crippen LogP contribution in [0.5, 0.6) is 11.5 Å². The Morgan fingerprint density at radius 3 is 2.54 bits per heavy atom. The van der Waals surface area contributed by atoms with Crippen molar-refractivity contribution in [2.75, 3.05) is 19.0 Å². The van der Waals surface area contributed by atoms with E-state index in [1.165, 1.54) is 17.6 Å². The second-order valence-corrected chi connectivity index (χ2v) is 21.4. The highest BCUT2D eigenvalue weighted by Gasteiger charge is 2.66. The summed E-state index contributed by atoms with van der Waals surface area (Å²) < 4.78 is 38.3. The zero-order valence-corrected chi connectivity index (χ0v) is 37.2. The van der Waals surface area contributed by atoms with Gasteiger partial charge in [0.2, 0.25) is 13.3 Å². The second kappa shape index (κ2) is 18.6. The van der Waals surface area contributed by atoms with E-state index in [-0.39, 0.29) is 67.7 Å². The van der Waals surface area contributed by atoms with Gasteiger partial charge in [0.1, 0.15) is 35.2 Å². The molecule has 1 amide bonds. The van der Waals surface area contributed by atoms with Crippen LogP contribution in [0, 0.1) is 11.8 Å². The number of nitrogens with zero attached hydrogens (tertiary/aromatic N) is 3. The molecule has 8 rings (SSSR count). The van der Waals surface area contributed by atoms with E-state index >= 15 is 0 Å². The van der Waals surface area contributed by atoms with Crippen LogP contribution < -0.4 is 14.8 Å². The summed E-state index contributed by atoms with van der Waals surface area (Å²) in [5.74, 6) is -0.0856. The normalized spacial score (nSPS) is 26.3. The lowest BCUT2D eigenvalue weighted by molar-refractivity contribution is -0.154. The number of anilines is 1. The summed E-state index contributed by atoms with van der Waals surface area (Å²) in [6, 6.07) is 10.1. The Bertz CT molecular complexity index is 2240. The molecule has 0 spiro atoms. The number of thiazole rings is 1. The fourth-order valence-corrected chi connectivity index (χ4v) is 13.2. The number of nitrogens with one attached hydrogen (secondary N) is 1. The summed E-state index contributed by atoms with van der Waals surface area (Å²) in [5, 5.41) is 5.70. The van der Waals surface area contributed by atoms with Crippen molar-refractivity contribution in [3.63, 3.8) is 0 Å². The molecule has 2 saturated heterocycles. The van der Waals surface area contributed by atoms with Crippen molar-refractivity contribution < 1.29 is 42.5 Å². The van der Waals surface area contributed by atoms with Crippen molar-refractivity contribution in [2.45, 2.75) is 146 Å². The maximum Gasteiger partial charge on any atom is 0.306 e. The molecular weight excluding hydrogens is 816 g/mol. The molecule has 1 aromatic carbocycles. The number of carbonyl (C=O) groups excluding carboxylic acids is 3. The molecule has 6 atom stereocenters. The summed E-state index contributed by atoms with van der Waals surface area (Å²) in [5.41, 5.74) is 1.91. The number of hydrogen-bond acceptors (Lipinski definition) is 12. The number of fused-ring (bicyclic) bond motifs is 3. The first kappa shape index (κ1) is 43.4. The van der Waals surface area contributed by atoms with Gasteiger partial charge in [-0.3, -0.25) is 18.9 Å². The zero-order valence-electron chi connectivity index (χ0n) is 35.5. The van der Waals surface area contributed by atoms with Gasteiger partial charge in [-0.1, -0.05) is 32.1 Å². The maximum atomic E-state index is 14.9. The van der Waals surface area contributed by atoms with Gasteiger partial charge < -0.3 is 33.7 Å². The molecule has 0 bridgehead atoms. The number of rotatable bonds is 12. The number of methoxy groups -OCH3 is 1. The van der Waals surface area contributed by atoms with Gasteiger partial charge >= 0.3 is 5.97 Å². The second-order valence-electron chi connectivity index (χ2n) is 17.9. The molecule has 2 aliphatic heterocycles. The van der Waals surface area contributed by atoms with E-state index in [1.54, 1.807) is 24.1 Å². The van der Waals surface area contributed by atoms with E-state index in [4.69, 9.17) is 28.6 Å². The van der Waals surface area contributed by atoms with Crippen molar-refractivity contribution in [3.05, 3.63) is 53.8 Å². The number of carbonyl (C=O) groups is 3. The van der Waals surface area contributed by atoms with Crippen molar-refractivity contribution in [3.8, 4) is 22.9 Å². The van der Waals surface area contributed by atoms with Crippen molar-refractivity contribution in [1.29, 1.82) is 0 Å². The number of benzene rings is 1. The highest BCUT2D eigenvalue weighted by Crippen LogP contribution is 2.75.